The molecular formula is C23H24N4O2S. The fourth-order valence-electron chi connectivity index (χ4n) is 4.20. The predicted octanol–water partition coefficient (Wildman–Crippen LogP) is 4.08. The minimum absolute atomic E-state index is 0.0892. The van der Waals surface area contributed by atoms with Crippen LogP contribution < -0.4 is 4.90 Å². The Morgan fingerprint density at radius 2 is 1.83 bits per heavy atom. The summed E-state index contributed by atoms with van der Waals surface area (Å²) in [6.07, 6.45) is 6.70. The first kappa shape index (κ1) is 19.2. The molecule has 3 aromatic rings. The summed E-state index contributed by atoms with van der Waals surface area (Å²) in [5.41, 5.74) is 5.01. The lowest BCUT2D eigenvalue weighted by molar-refractivity contribution is 0.597. The SMILES string of the molecule is CCc1cccc(-c2cnc(N3CC4(CC4)c4ccc(S(=O)(=O)CC)cc43)nc2)n1. The standard InChI is InChI=1S/C23H24N4O2S/c1-3-17-6-5-7-20(26-17)16-13-24-22(25-14-16)27-15-23(10-11-23)19-9-8-18(12-21(19)27)30(28,29)4-2/h5-9,12-14H,3-4,10-11,15H2,1-2H3. The minimum Gasteiger partial charge on any atom is -0.309 e. The van der Waals surface area contributed by atoms with Gasteiger partial charge in [-0.15, -0.1) is 0 Å². The zero-order valence-electron chi connectivity index (χ0n) is 17.2. The van der Waals surface area contributed by atoms with Gasteiger partial charge in [-0.25, -0.2) is 18.4 Å². The second-order valence-electron chi connectivity index (χ2n) is 8.09. The molecule has 2 aliphatic rings. The Kier molecular flexibility index (Phi) is 4.39. The number of sulfone groups is 1. The average molecular weight is 421 g/mol. The highest BCUT2D eigenvalue weighted by molar-refractivity contribution is 7.91. The smallest absolute Gasteiger partial charge is 0.229 e. The van der Waals surface area contributed by atoms with Crippen molar-refractivity contribution >= 4 is 21.5 Å². The van der Waals surface area contributed by atoms with Gasteiger partial charge in [-0.1, -0.05) is 26.0 Å². The quantitative estimate of drug-likeness (QED) is 0.619. The van der Waals surface area contributed by atoms with Crippen molar-refractivity contribution in [1.29, 1.82) is 0 Å². The molecule has 1 aliphatic heterocycles. The van der Waals surface area contributed by atoms with Gasteiger partial charge in [0.25, 0.3) is 0 Å². The van der Waals surface area contributed by atoms with Gasteiger partial charge < -0.3 is 4.90 Å². The second-order valence-corrected chi connectivity index (χ2v) is 10.4. The van der Waals surface area contributed by atoms with Gasteiger partial charge in [0.2, 0.25) is 5.95 Å². The van der Waals surface area contributed by atoms with Crippen LogP contribution in [-0.4, -0.2) is 35.7 Å². The minimum atomic E-state index is -3.27. The molecule has 0 unspecified atom stereocenters. The number of hydrogen-bond acceptors (Lipinski definition) is 6. The molecule has 0 amide bonds. The number of aromatic nitrogens is 3. The molecule has 0 radical (unpaired) electrons. The van der Waals surface area contributed by atoms with E-state index in [1.165, 1.54) is 5.56 Å². The highest BCUT2D eigenvalue weighted by Gasteiger charge is 2.52. The normalized spacial score (nSPS) is 16.7. The average Bonchev–Trinajstić information content (AvgIpc) is 3.50. The fourth-order valence-corrected chi connectivity index (χ4v) is 5.10. The maximum Gasteiger partial charge on any atom is 0.229 e. The van der Waals surface area contributed by atoms with Crippen LogP contribution in [0.2, 0.25) is 0 Å². The van der Waals surface area contributed by atoms with Crippen molar-refractivity contribution in [3.63, 3.8) is 0 Å². The van der Waals surface area contributed by atoms with Crippen molar-refractivity contribution in [2.24, 2.45) is 0 Å². The van der Waals surface area contributed by atoms with E-state index < -0.39 is 9.84 Å². The second kappa shape index (κ2) is 6.87. The number of benzene rings is 1. The van der Waals surface area contributed by atoms with Crippen LogP contribution >= 0.6 is 0 Å². The van der Waals surface area contributed by atoms with E-state index in [4.69, 9.17) is 0 Å². The molecule has 154 valence electrons. The van der Waals surface area contributed by atoms with Crippen LogP contribution in [0.5, 0.6) is 0 Å². The summed E-state index contributed by atoms with van der Waals surface area (Å²) < 4.78 is 24.8. The summed E-state index contributed by atoms with van der Waals surface area (Å²) in [6, 6.07) is 11.5. The van der Waals surface area contributed by atoms with Gasteiger partial charge in [-0.3, -0.25) is 4.98 Å². The van der Waals surface area contributed by atoms with E-state index in [0.717, 1.165) is 48.4 Å². The lowest BCUT2D eigenvalue weighted by atomic mass is 9.99. The molecule has 3 heterocycles. The Morgan fingerprint density at radius 1 is 1.07 bits per heavy atom. The summed E-state index contributed by atoms with van der Waals surface area (Å²) in [4.78, 5) is 16.3. The maximum atomic E-state index is 12.4. The third kappa shape index (κ3) is 3.08. The summed E-state index contributed by atoms with van der Waals surface area (Å²) in [5.74, 6) is 0.688. The largest absolute Gasteiger partial charge is 0.309 e. The molecule has 1 aliphatic carbocycles. The number of fused-ring (bicyclic) bond motifs is 2. The van der Waals surface area contributed by atoms with Crippen LogP contribution in [-0.2, 0) is 21.7 Å². The van der Waals surface area contributed by atoms with Gasteiger partial charge in [-0.05, 0) is 49.1 Å². The Bertz CT molecular complexity index is 1220. The van der Waals surface area contributed by atoms with Gasteiger partial charge in [0.15, 0.2) is 9.84 Å². The Labute approximate surface area is 176 Å². The highest BCUT2D eigenvalue weighted by Crippen LogP contribution is 2.58. The number of aryl methyl sites for hydroxylation is 1. The maximum absolute atomic E-state index is 12.4. The van der Waals surface area contributed by atoms with Gasteiger partial charge in [-0.2, -0.15) is 0 Å². The Hall–Kier alpha value is -2.80. The monoisotopic (exact) mass is 420 g/mol. The number of nitrogens with zero attached hydrogens (tertiary/aromatic N) is 4. The lowest BCUT2D eigenvalue weighted by Gasteiger charge is -2.18. The molecule has 1 spiro atoms. The molecule has 1 saturated carbocycles. The zero-order chi connectivity index (χ0) is 20.9. The van der Waals surface area contributed by atoms with Gasteiger partial charge in [0.1, 0.15) is 0 Å². The van der Waals surface area contributed by atoms with Gasteiger partial charge in [0, 0.05) is 41.3 Å². The molecule has 5 rings (SSSR count). The van der Waals surface area contributed by atoms with Gasteiger partial charge >= 0.3 is 0 Å². The van der Waals surface area contributed by atoms with E-state index >= 15 is 0 Å². The van der Waals surface area contributed by atoms with E-state index in [9.17, 15) is 8.42 Å². The molecule has 30 heavy (non-hydrogen) atoms. The van der Waals surface area contributed by atoms with Crippen molar-refractivity contribution in [2.45, 2.75) is 43.4 Å². The first-order chi connectivity index (χ1) is 14.5. The fraction of sp³-hybridized carbons (Fsp3) is 0.348. The third-order valence-corrected chi connectivity index (χ3v) is 7.96. The molecule has 1 aromatic carbocycles. The van der Waals surface area contributed by atoms with Crippen LogP contribution in [0.25, 0.3) is 11.3 Å². The van der Waals surface area contributed by atoms with Crippen LogP contribution in [0.4, 0.5) is 11.6 Å². The molecule has 0 atom stereocenters. The first-order valence-corrected chi connectivity index (χ1v) is 12.0. The number of rotatable bonds is 5. The summed E-state index contributed by atoms with van der Waals surface area (Å²) in [5, 5.41) is 0. The molecule has 2 aromatic heterocycles. The van der Waals surface area contributed by atoms with Gasteiger partial charge in [0.05, 0.1) is 16.3 Å². The van der Waals surface area contributed by atoms with Crippen molar-refractivity contribution < 1.29 is 8.42 Å². The van der Waals surface area contributed by atoms with E-state index in [-0.39, 0.29) is 11.2 Å². The third-order valence-electron chi connectivity index (χ3n) is 6.23. The van der Waals surface area contributed by atoms with Crippen molar-refractivity contribution in [1.82, 2.24) is 15.0 Å². The topological polar surface area (TPSA) is 76.1 Å². The van der Waals surface area contributed by atoms with Crippen LogP contribution in [0.15, 0.2) is 53.7 Å². The van der Waals surface area contributed by atoms with E-state index in [1.807, 2.05) is 24.3 Å². The highest BCUT2D eigenvalue weighted by atomic mass is 32.2. The molecule has 6 nitrogen and oxygen atoms in total. The Balaban J connectivity index is 1.52. The molecule has 0 saturated heterocycles. The summed E-state index contributed by atoms with van der Waals surface area (Å²) in [6.45, 7) is 4.55. The zero-order valence-corrected chi connectivity index (χ0v) is 18.0. The first-order valence-electron chi connectivity index (χ1n) is 10.4. The van der Waals surface area contributed by atoms with E-state index in [0.29, 0.717) is 10.8 Å². The molecule has 0 N–H and O–H groups in total. The molecule has 1 fully saturated rings. The Morgan fingerprint density at radius 3 is 2.50 bits per heavy atom. The molecular weight excluding hydrogens is 396 g/mol. The van der Waals surface area contributed by atoms with Crippen LogP contribution in [0.3, 0.4) is 0 Å². The van der Waals surface area contributed by atoms with Crippen LogP contribution in [0, 0.1) is 0 Å². The van der Waals surface area contributed by atoms with Crippen molar-refractivity contribution in [2.75, 3.05) is 17.2 Å². The number of anilines is 2. The van der Waals surface area contributed by atoms with Crippen molar-refractivity contribution in [3.05, 3.63) is 60.0 Å². The van der Waals surface area contributed by atoms with E-state index in [2.05, 4.69) is 26.8 Å². The number of hydrogen-bond donors (Lipinski definition) is 0. The van der Waals surface area contributed by atoms with E-state index in [1.54, 1.807) is 31.5 Å². The summed E-state index contributed by atoms with van der Waals surface area (Å²) >= 11 is 0. The molecule has 0 bridgehead atoms. The predicted molar refractivity (Wildman–Crippen MR) is 117 cm³/mol. The lowest BCUT2D eigenvalue weighted by Crippen LogP contribution is -2.21. The van der Waals surface area contributed by atoms with Crippen molar-refractivity contribution in [3.8, 4) is 11.3 Å². The molecule has 7 heteroatoms. The summed E-state index contributed by atoms with van der Waals surface area (Å²) in [7, 11) is -3.27. The van der Waals surface area contributed by atoms with Crippen LogP contribution in [0.1, 0.15) is 37.9 Å². The number of pyridine rings is 1.